The number of nitrogens with zero attached hydrogens (tertiary/aromatic N) is 1. The Morgan fingerprint density at radius 1 is 1.23 bits per heavy atom. The van der Waals surface area contributed by atoms with E-state index in [2.05, 4.69) is 48.6 Å². The lowest BCUT2D eigenvalue weighted by Crippen LogP contribution is -2.20. The van der Waals surface area contributed by atoms with Crippen molar-refractivity contribution in [2.45, 2.75) is 25.8 Å². The predicted molar refractivity (Wildman–Crippen MR) is 89.4 cm³/mol. The number of aliphatic hydroxyl groups is 1. The van der Waals surface area contributed by atoms with E-state index in [0.29, 0.717) is 19.0 Å². The molecule has 2 unspecified atom stereocenters. The van der Waals surface area contributed by atoms with E-state index in [9.17, 15) is 0 Å². The molecule has 0 amide bonds. The van der Waals surface area contributed by atoms with Gasteiger partial charge in [-0.1, -0.05) is 6.92 Å². The Morgan fingerprint density at radius 2 is 1.95 bits per heavy atom. The molecule has 2 N–H and O–H groups in total. The third-order valence-corrected chi connectivity index (χ3v) is 4.37. The van der Waals surface area contributed by atoms with Crippen LogP contribution in [0.3, 0.4) is 0 Å². The van der Waals surface area contributed by atoms with E-state index < -0.39 is 0 Å². The molecule has 4 nitrogen and oxygen atoms in total. The zero-order chi connectivity index (χ0) is 15.5. The van der Waals surface area contributed by atoms with Crippen molar-refractivity contribution >= 4 is 11.4 Å². The van der Waals surface area contributed by atoms with Gasteiger partial charge in [-0.2, -0.15) is 0 Å². The fraction of sp³-hybridized carbons (Fsp3) is 0.444. The summed E-state index contributed by atoms with van der Waals surface area (Å²) in [6.45, 7) is 3.77. The number of likely N-dealkylation sites (N-methyl/N-ethyl adjacent to an activating group) is 1. The van der Waals surface area contributed by atoms with Crippen LogP contribution in [0.2, 0.25) is 0 Å². The van der Waals surface area contributed by atoms with Gasteiger partial charge < -0.3 is 19.7 Å². The quantitative estimate of drug-likeness (QED) is 0.822. The van der Waals surface area contributed by atoms with Crippen LogP contribution in [-0.4, -0.2) is 25.3 Å². The lowest BCUT2D eigenvalue weighted by atomic mass is 10.2. The van der Waals surface area contributed by atoms with E-state index in [-0.39, 0.29) is 6.61 Å². The Balaban J connectivity index is 1.54. The monoisotopic (exact) mass is 300 g/mol. The maximum absolute atomic E-state index is 8.96. The molecule has 0 saturated heterocycles. The minimum absolute atomic E-state index is 0.164. The van der Waals surface area contributed by atoms with E-state index in [1.54, 1.807) is 0 Å². The van der Waals surface area contributed by atoms with Crippen molar-refractivity contribution in [1.29, 1.82) is 0 Å². The SMILES string of the molecule is CC1CC1c1ccc(CNc2ccc(N(C)CCO)cc2)o1. The maximum Gasteiger partial charge on any atom is 0.123 e. The summed E-state index contributed by atoms with van der Waals surface area (Å²) in [5.74, 6) is 3.52. The second-order valence-electron chi connectivity index (χ2n) is 6.17. The highest BCUT2D eigenvalue weighted by molar-refractivity contribution is 5.54. The lowest BCUT2D eigenvalue weighted by Gasteiger charge is -2.18. The molecule has 0 aliphatic heterocycles. The number of aliphatic hydroxyl groups excluding tert-OH is 1. The fourth-order valence-corrected chi connectivity index (χ4v) is 2.71. The minimum Gasteiger partial charge on any atom is -0.464 e. The molecule has 1 fully saturated rings. The molecule has 0 spiro atoms. The van der Waals surface area contributed by atoms with Gasteiger partial charge >= 0.3 is 0 Å². The van der Waals surface area contributed by atoms with E-state index in [1.165, 1.54) is 6.42 Å². The predicted octanol–water partition coefficient (Wildman–Crippen LogP) is 3.44. The second kappa shape index (κ2) is 6.44. The van der Waals surface area contributed by atoms with E-state index in [4.69, 9.17) is 9.52 Å². The molecule has 0 radical (unpaired) electrons. The Hall–Kier alpha value is -1.94. The highest BCUT2D eigenvalue weighted by Gasteiger charge is 2.36. The molecule has 1 aromatic carbocycles. The van der Waals surface area contributed by atoms with Crippen molar-refractivity contribution in [2.24, 2.45) is 5.92 Å². The van der Waals surface area contributed by atoms with Crippen LogP contribution in [0.5, 0.6) is 0 Å². The molecule has 2 aromatic rings. The zero-order valence-corrected chi connectivity index (χ0v) is 13.2. The van der Waals surface area contributed by atoms with Gasteiger partial charge in [0, 0.05) is 30.9 Å². The summed E-state index contributed by atoms with van der Waals surface area (Å²) >= 11 is 0. The first-order valence-electron chi connectivity index (χ1n) is 7.92. The highest BCUT2D eigenvalue weighted by atomic mass is 16.3. The maximum atomic E-state index is 8.96. The smallest absolute Gasteiger partial charge is 0.123 e. The molecule has 22 heavy (non-hydrogen) atoms. The van der Waals surface area contributed by atoms with Gasteiger partial charge in [-0.25, -0.2) is 0 Å². The largest absolute Gasteiger partial charge is 0.464 e. The second-order valence-corrected chi connectivity index (χ2v) is 6.17. The summed E-state index contributed by atoms with van der Waals surface area (Å²) in [5.41, 5.74) is 2.17. The molecule has 4 heteroatoms. The number of benzene rings is 1. The lowest BCUT2D eigenvalue weighted by molar-refractivity contribution is 0.304. The number of hydrogen-bond acceptors (Lipinski definition) is 4. The van der Waals surface area contributed by atoms with Crippen LogP contribution in [0.4, 0.5) is 11.4 Å². The van der Waals surface area contributed by atoms with Crippen molar-refractivity contribution in [2.75, 3.05) is 30.4 Å². The van der Waals surface area contributed by atoms with Crippen LogP contribution in [0, 0.1) is 5.92 Å². The van der Waals surface area contributed by atoms with Crippen LogP contribution in [0.25, 0.3) is 0 Å². The fourth-order valence-electron chi connectivity index (χ4n) is 2.71. The Kier molecular flexibility index (Phi) is 4.39. The first kappa shape index (κ1) is 15.0. The molecule has 3 rings (SSSR count). The van der Waals surface area contributed by atoms with E-state index in [0.717, 1.165) is 28.8 Å². The molecule has 0 bridgehead atoms. The Bertz CT molecular complexity index is 606. The van der Waals surface area contributed by atoms with Crippen molar-refractivity contribution in [3.63, 3.8) is 0 Å². The number of rotatable bonds is 7. The summed E-state index contributed by atoms with van der Waals surface area (Å²) < 4.78 is 5.90. The molecule has 1 aliphatic rings. The number of anilines is 2. The Labute approximate surface area is 131 Å². The van der Waals surface area contributed by atoms with Gasteiger partial charge in [0.25, 0.3) is 0 Å². The number of furan rings is 1. The molecule has 1 aromatic heterocycles. The first-order valence-corrected chi connectivity index (χ1v) is 7.92. The van der Waals surface area contributed by atoms with Gasteiger partial charge in [-0.05, 0) is 48.7 Å². The summed E-state index contributed by atoms with van der Waals surface area (Å²) in [7, 11) is 1.97. The molecule has 118 valence electrons. The molecule has 1 saturated carbocycles. The van der Waals surface area contributed by atoms with Gasteiger partial charge in [-0.15, -0.1) is 0 Å². The number of hydrogen-bond donors (Lipinski definition) is 2. The number of nitrogens with one attached hydrogen (secondary N) is 1. The van der Waals surface area contributed by atoms with Gasteiger partial charge in [-0.3, -0.25) is 0 Å². The van der Waals surface area contributed by atoms with Gasteiger partial charge in [0.2, 0.25) is 0 Å². The first-order chi connectivity index (χ1) is 10.7. The molecule has 1 aliphatic carbocycles. The van der Waals surface area contributed by atoms with Crippen molar-refractivity contribution in [1.82, 2.24) is 0 Å². The summed E-state index contributed by atoms with van der Waals surface area (Å²) in [5, 5.41) is 12.3. The van der Waals surface area contributed by atoms with E-state index in [1.807, 2.05) is 11.9 Å². The van der Waals surface area contributed by atoms with Crippen molar-refractivity contribution in [3.8, 4) is 0 Å². The van der Waals surface area contributed by atoms with Crippen LogP contribution >= 0.6 is 0 Å². The zero-order valence-electron chi connectivity index (χ0n) is 13.2. The summed E-state index contributed by atoms with van der Waals surface area (Å²) in [6, 6.07) is 12.4. The van der Waals surface area contributed by atoms with E-state index >= 15 is 0 Å². The van der Waals surface area contributed by atoms with Crippen LogP contribution in [-0.2, 0) is 6.54 Å². The minimum atomic E-state index is 0.164. The van der Waals surface area contributed by atoms with Crippen molar-refractivity contribution in [3.05, 3.63) is 47.9 Å². The topological polar surface area (TPSA) is 48.6 Å². The third kappa shape index (κ3) is 3.45. The average molecular weight is 300 g/mol. The van der Waals surface area contributed by atoms with Gasteiger partial charge in [0.15, 0.2) is 0 Å². The molecular formula is C18H24N2O2. The van der Waals surface area contributed by atoms with Crippen LogP contribution in [0.1, 0.15) is 30.8 Å². The highest BCUT2D eigenvalue weighted by Crippen LogP contribution is 2.47. The standard InChI is InChI=1S/C18H24N2O2/c1-13-11-17(13)18-8-7-16(22-18)12-19-14-3-5-15(6-4-14)20(2)9-10-21/h3-8,13,17,19,21H,9-12H2,1-2H3. The van der Waals surface area contributed by atoms with Crippen LogP contribution < -0.4 is 10.2 Å². The van der Waals surface area contributed by atoms with Crippen LogP contribution in [0.15, 0.2) is 40.8 Å². The summed E-state index contributed by atoms with van der Waals surface area (Å²) in [4.78, 5) is 2.03. The molecular weight excluding hydrogens is 276 g/mol. The summed E-state index contributed by atoms with van der Waals surface area (Å²) in [6.07, 6.45) is 1.25. The molecule has 2 atom stereocenters. The molecule has 1 heterocycles. The van der Waals surface area contributed by atoms with Gasteiger partial charge in [0.05, 0.1) is 13.2 Å². The van der Waals surface area contributed by atoms with Gasteiger partial charge in [0.1, 0.15) is 11.5 Å². The average Bonchev–Trinajstić information content (AvgIpc) is 3.08. The Morgan fingerprint density at radius 3 is 2.59 bits per heavy atom. The van der Waals surface area contributed by atoms with Crippen molar-refractivity contribution < 1.29 is 9.52 Å². The third-order valence-electron chi connectivity index (χ3n) is 4.37. The normalized spacial score (nSPS) is 20.0.